The molecule has 20 heavy (non-hydrogen) atoms. The molecule has 2 rings (SSSR count). The third-order valence-corrected chi connectivity index (χ3v) is 3.29. The maximum atomic E-state index is 12.4. The van der Waals surface area contributed by atoms with E-state index in [1.54, 1.807) is 17.9 Å². The van der Waals surface area contributed by atoms with Crippen molar-refractivity contribution in [2.24, 2.45) is 0 Å². The van der Waals surface area contributed by atoms with Gasteiger partial charge in [0.1, 0.15) is 0 Å². The van der Waals surface area contributed by atoms with E-state index in [-0.39, 0.29) is 24.0 Å². The summed E-state index contributed by atoms with van der Waals surface area (Å²) in [5.41, 5.74) is 1.16. The molecule has 0 spiro atoms. The number of carbonyl (C=O) groups excluding carboxylic acids is 1. The maximum absolute atomic E-state index is 12.4. The second-order valence-corrected chi connectivity index (χ2v) is 4.65. The van der Waals surface area contributed by atoms with Crippen molar-refractivity contribution in [3.05, 3.63) is 39.4 Å². The molecule has 0 saturated carbocycles. The van der Waals surface area contributed by atoms with Crippen LogP contribution in [0, 0.1) is 17.0 Å². The molecule has 1 saturated heterocycles. The molecule has 0 unspecified atom stereocenters. The van der Waals surface area contributed by atoms with Crippen LogP contribution >= 0.6 is 12.4 Å². The van der Waals surface area contributed by atoms with Gasteiger partial charge in [-0.25, -0.2) is 0 Å². The number of nitro benzene ring substituents is 1. The van der Waals surface area contributed by atoms with Crippen LogP contribution < -0.4 is 5.32 Å². The first-order chi connectivity index (χ1) is 9.09. The van der Waals surface area contributed by atoms with Crippen molar-refractivity contribution in [1.29, 1.82) is 0 Å². The van der Waals surface area contributed by atoms with Gasteiger partial charge in [-0.15, -0.1) is 12.4 Å². The summed E-state index contributed by atoms with van der Waals surface area (Å²) in [7, 11) is 0. The average Bonchev–Trinajstić information content (AvgIpc) is 2.67. The summed E-state index contributed by atoms with van der Waals surface area (Å²) in [5.74, 6) is -0.120. The minimum Gasteiger partial charge on any atom is -0.337 e. The van der Waals surface area contributed by atoms with E-state index in [2.05, 4.69) is 5.32 Å². The Kier molecular flexibility index (Phi) is 5.91. The summed E-state index contributed by atoms with van der Waals surface area (Å²) in [5, 5.41) is 14.0. The minimum atomic E-state index is -0.472. The van der Waals surface area contributed by atoms with Gasteiger partial charge in [-0.05, 0) is 25.5 Å². The average molecular weight is 300 g/mol. The van der Waals surface area contributed by atoms with Crippen LogP contribution in [0.1, 0.15) is 22.3 Å². The Bertz CT molecular complexity index is 500. The fourth-order valence-corrected chi connectivity index (χ4v) is 2.17. The van der Waals surface area contributed by atoms with Gasteiger partial charge in [0.15, 0.2) is 0 Å². The molecule has 0 aromatic heterocycles. The summed E-state index contributed by atoms with van der Waals surface area (Å²) < 4.78 is 0. The molecule has 0 atom stereocenters. The normalized spacial score (nSPS) is 15.2. The number of hydrogen-bond donors (Lipinski definition) is 1. The van der Waals surface area contributed by atoms with Crippen LogP contribution in [0.15, 0.2) is 18.2 Å². The van der Waals surface area contributed by atoms with Gasteiger partial charge in [-0.3, -0.25) is 14.9 Å². The molecule has 1 aliphatic heterocycles. The summed E-state index contributed by atoms with van der Waals surface area (Å²) >= 11 is 0. The Balaban J connectivity index is 0.00000200. The predicted octanol–water partition coefficient (Wildman–Crippen LogP) is 1.76. The zero-order valence-electron chi connectivity index (χ0n) is 11.3. The summed E-state index contributed by atoms with van der Waals surface area (Å²) in [6.45, 7) is 4.79. The molecule has 1 amide bonds. The highest BCUT2D eigenvalue weighted by molar-refractivity contribution is 5.96. The van der Waals surface area contributed by atoms with Crippen LogP contribution in [0.5, 0.6) is 0 Å². The van der Waals surface area contributed by atoms with E-state index < -0.39 is 4.92 Å². The SMILES string of the molecule is Cc1ccc([N+](=O)[O-])cc1C(=O)N1CCCNCC1.Cl. The smallest absolute Gasteiger partial charge is 0.270 e. The van der Waals surface area contributed by atoms with Crippen LogP contribution in [0.2, 0.25) is 0 Å². The molecule has 6 nitrogen and oxygen atoms in total. The van der Waals surface area contributed by atoms with Crippen LogP contribution in [0.4, 0.5) is 5.69 Å². The molecule has 0 aliphatic carbocycles. The van der Waals surface area contributed by atoms with Gasteiger partial charge in [0.05, 0.1) is 4.92 Å². The Morgan fingerprint density at radius 3 is 2.80 bits per heavy atom. The molecule has 1 heterocycles. The second-order valence-electron chi connectivity index (χ2n) is 4.65. The van der Waals surface area contributed by atoms with E-state index >= 15 is 0 Å². The number of non-ortho nitro benzene ring substituents is 1. The van der Waals surface area contributed by atoms with Crippen LogP contribution in [0.25, 0.3) is 0 Å². The number of amides is 1. The van der Waals surface area contributed by atoms with Crippen molar-refractivity contribution in [1.82, 2.24) is 10.2 Å². The van der Waals surface area contributed by atoms with Gasteiger partial charge in [0.2, 0.25) is 0 Å². The number of benzene rings is 1. The van der Waals surface area contributed by atoms with Crippen molar-refractivity contribution in [2.75, 3.05) is 26.2 Å². The summed E-state index contributed by atoms with van der Waals surface area (Å²) in [4.78, 5) is 24.5. The fourth-order valence-electron chi connectivity index (χ4n) is 2.17. The van der Waals surface area contributed by atoms with Crippen molar-refractivity contribution < 1.29 is 9.72 Å². The lowest BCUT2D eigenvalue weighted by molar-refractivity contribution is -0.384. The van der Waals surface area contributed by atoms with E-state index in [0.29, 0.717) is 18.7 Å². The van der Waals surface area contributed by atoms with E-state index in [1.807, 2.05) is 0 Å². The number of halogens is 1. The second kappa shape index (κ2) is 7.21. The van der Waals surface area contributed by atoms with E-state index in [0.717, 1.165) is 25.1 Å². The lowest BCUT2D eigenvalue weighted by Crippen LogP contribution is -2.34. The Labute approximate surface area is 123 Å². The van der Waals surface area contributed by atoms with Crippen molar-refractivity contribution in [2.45, 2.75) is 13.3 Å². The molecule has 1 N–H and O–H groups in total. The molecule has 1 aliphatic rings. The third-order valence-electron chi connectivity index (χ3n) is 3.29. The molecule has 1 aromatic carbocycles. The van der Waals surface area contributed by atoms with Gasteiger partial charge in [-0.2, -0.15) is 0 Å². The molecule has 110 valence electrons. The number of rotatable bonds is 2. The lowest BCUT2D eigenvalue weighted by Gasteiger charge is -2.20. The Hall–Kier alpha value is -1.66. The maximum Gasteiger partial charge on any atom is 0.270 e. The van der Waals surface area contributed by atoms with Crippen molar-refractivity contribution in [3.63, 3.8) is 0 Å². The van der Waals surface area contributed by atoms with Gasteiger partial charge in [0, 0.05) is 37.3 Å². The molecule has 7 heteroatoms. The number of hydrogen-bond acceptors (Lipinski definition) is 4. The molecule has 1 fully saturated rings. The molecule has 0 radical (unpaired) electrons. The standard InChI is InChI=1S/C13H17N3O3.ClH/c1-10-3-4-11(16(18)19)9-12(10)13(17)15-7-2-5-14-6-8-15;/h3-4,9,14H,2,5-8H2,1H3;1H. The van der Waals surface area contributed by atoms with Crippen LogP contribution in [-0.2, 0) is 0 Å². The first-order valence-electron chi connectivity index (χ1n) is 6.34. The first kappa shape index (κ1) is 16.4. The number of aryl methyl sites for hydroxylation is 1. The van der Waals surface area contributed by atoms with Crippen molar-refractivity contribution >= 4 is 24.0 Å². The van der Waals surface area contributed by atoms with Crippen molar-refractivity contribution in [3.8, 4) is 0 Å². The Morgan fingerprint density at radius 2 is 2.10 bits per heavy atom. The highest BCUT2D eigenvalue weighted by Gasteiger charge is 2.21. The van der Waals surface area contributed by atoms with Crippen LogP contribution in [0.3, 0.4) is 0 Å². The minimum absolute atomic E-state index is 0. The van der Waals surface area contributed by atoms with Gasteiger partial charge >= 0.3 is 0 Å². The number of carbonyl (C=O) groups is 1. The molecule has 1 aromatic rings. The zero-order chi connectivity index (χ0) is 13.8. The lowest BCUT2D eigenvalue weighted by atomic mass is 10.1. The first-order valence-corrected chi connectivity index (χ1v) is 6.34. The third kappa shape index (κ3) is 3.68. The van der Waals surface area contributed by atoms with Crippen LogP contribution in [-0.4, -0.2) is 41.9 Å². The van der Waals surface area contributed by atoms with Gasteiger partial charge in [0.25, 0.3) is 11.6 Å². The fraction of sp³-hybridized carbons (Fsp3) is 0.462. The number of nitro groups is 1. The zero-order valence-corrected chi connectivity index (χ0v) is 12.1. The van der Waals surface area contributed by atoms with E-state index in [9.17, 15) is 14.9 Å². The van der Waals surface area contributed by atoms with E-state index in [1.165, 1.54) is 12.1 Å². The molecular weight excluding hydrogens is 282 g/mol. The largest absolute Gasteiger partial charge is 0.337 e. The highest BCUT2D eigenvalue weighted by atomic mass is 35.5. The Morgan fingerprint density at radius 1 is 1.35 bits per heavy atom. The van der Waals surface area contributed by atoms with E-state index in [4.69, 9.17) is 0 Å². The number of nitrogens with zero attached hydrogens (tertiary/aromatic N) is 2. The monoisotopic (exact) mass is 299 g/mol. The number of nitrogens with one attached hydrogen (secondary N) is 1. The quantitative estimate of drug-likeness (QED) is 0.667. The molecule has 0 bridgehead atoms. The van der Waals surface area contributed by atoms with Gasteiger partial charge in [-0.1, -0.05) is 6.07 Å². The predicted molar refractivity (Wildman–Crippen MR) is 78.5 cm³/mol. The summed E-state index contributed by atoms with van der Waals surface area (Å²) in [6.07, 6.45) is 0.902. The topological polar surface area (TPSA) is 75.5 Å². The summed E-state index contributed by atoms with van der Waals surface area (Å²) in [6, 6.07) is 4.42. The highest BCUT2D eigenvalue weighted by Crippen LogP contribution is 2.19. The van der Waals surface area contributed by atoms with Gasteiger partial charge < -0.3 is 10.2 Å². The molecular formula is C13H18ClN3O3.